The van der Waals surface area contributed by atoms with Gasteiger partial charge in [-0.2, -0.15) is 8.42 Å². The highest BCUT2D eigenvalue weighted by molar-refractivity contribution is 7.90. The summed E-state index contributed by atoms with van der Waals surface area (Å²) >= 11 is 6.45. The number of hydrogen-bond acceptors (Lipinski definition) is 7. The van der Waals surface area contributed by atoms with Crippen molar-refractivity contribution in [2.24, 2.45) is 28.1 Å². The summed E-state index contributed by atoms with van der Waals surface area (Å²) in [5.74, 6) is 1.73. The van der Waals surface area contributed by atoms with Gasteiger partial charge in [0.25, 0.3) is 15.9 Å². The summed E-state index contributed by atoms with van der Waals surface area (Å²) in [6.45, 7) is 6.02. The Morgan fingerprint density at radius 2 is 1.84 bits per heavy atom. The van der Waals surface area contributed by atoms with Crippen LogP contribution in [0.15, 0.2) is 53.7 Å². The number of carbonyl (C=O) groups excluding carboxylic acids is 1. The van der Waals surface area contributed by atoms with Crippen LogP contribution in [-0.4, -0.2) is 42.2 Å². The number of benzene rings is 1. The van der Waals surface area contributed by atoms with E-state index in [9.17, 15) is 13.2 Å². The van der Waals surface area contributed by atoms with Gasteiger partial charge in [0.05, 0.1) is 22.9 Å². The first-order valence-electron chi connectivity index (χ1n) is 16.3. The Balaban J connectivity index is 0.911. The first-order chi connectivity index (χ1) is 21.5. The molecule has 3 aromatic rings. The van der Waals surface area contributed by atoms with Gasteiger partial charge in [0.2, 0.25) is 5.88 Å². The molecule has 1 amide bonds. The third kappa shape index (κ3) is 6.08. The second-order valence-electron chi connectivity index (χ2n) is 14.4. The van der Waals surface area contributed by atoms with Gasteiger partial charge in [0.15, 0.2) is 5.03 Å². The summed E-state index contributed by atoms with van der Waals surface area (Å²) in [5.41, 5.74) is 2.44. The van der Waals surface area contributed by atoms with Gasteiger partial charge in [0, 0.05) is 18.8 Å². The van der Waals surface area contributed by atoms with Crippen LogP contribution in [0.1, 0.15) is 88.4 Å². The molecule has 0 aliphatic heterocycles. The van der Waals surface area contributed by atoms with Crippen molar-refractivity contribution in [2.45, 2.75) is 83.1 Å². The third-order valence-corrected chi connectivity index (χ3v) is 12.4. The molecule has 4 fully saturated rings. The van der Waals surface area contributed by atoms with Gasteiger partial charge in [-0.25, -0.2) is 14.4 Å². The van der Waals surface area contributed by atoms with E-state index in [1.807, 2.05) is 0 Å². The number of ether oxygens (including phenoxy) is 1. The number of hydrogen-bond donors (Lipinski definition) is 2. The molecule has 240 valence electrons. The number of sulfonamides is 1. The Morgan fingerprint density at radius 1 is 1.07 bits per heavy atom. The Bertz CT molecular complexity index is 1690. The Morgan fingerprint density at radius 3 is 2.53 bits per heavy atom. The fourth-order valence-corrected chi connectivity index (χ4v) is 9.52. The van der Waals surface area contributed by atoms with Crippen LogP contribution in [0.2, 0.25) is 5.02 Å². The monoisotopic (exact) mass is 651 g/mol. The molecule has 0 bridgehead atoms. The third-order valence-electron chi connectivity index (χ3n) is 10.9. The maximum atomic E-state index is 13.1. The predicted octanol–water partition coefficient (Wildman–Crippen LogP) is 7.02. The zero-order valence-corrected chi connectivity index (χ0v) is 27.6. The molecule has 4 aliphatic carbocycles. The first-order valence-corrected chi connectivity index (χ1v) is 18.1. The summed E-state index contributed by atoms with van der Waals surface area (Å²) < 4.78 is 35.8. The van der Waals surface area contributed by atoms with Gasteiger partial charge >= 0.3 is 0 Å². The van der Waals surface area contributed by atoms with E-state index in [1.54, 1.807) is 41.2 Å². The molecule has 0 saturated heterocycles. The van der Waals surface area contributed by atoms with Crippen LogP contribution < -0.4 is 14.8 Å². The van der Waals surface area contributed by atoms with Gasteiger partial charge in [-0.05, 0) is 123 Å². The standard InChI is InChI=1S/C34H42ClN5O4S/c1-32(2)13-10-23(22-32)5-4-18-36-28-6-3-7-30(37-28)45(42,43)39-31(41)25-9-8-24(21-26(25)35)40-19-11-29(38-40)44-20-12-27-33(14-15-33)34(27)16-17-34/h3,6-9,11,19,21,23,27H,4-5,10,12-18,20,22H2,1-2H3,(H,36,37)(H,39,41)/t23-/m1/s1. The number of fused-ring (bicyclic) bond motifs is 1. The molecule has 9 nitrogen and oxygen atoms in total. The van der Waals surface area contributed by atoms with Crippen LogP contribution >= 0.6 is 11.6 Å². The molecule has 4 saturated carbocycles. The fraction of sp³-hybridized carbons (Fsp3) is 0.559. The Kier molecular flexibility index (Phi) is 7.67. The fourth-order valence-electron chi connectivity index (χ4n) is 8.32. The average Bonchev–Trinajstić information content (AvgIpc) is 3.95. The number of carbonyl (C=O) groups is 1. The number of rotatable bonds is 13. The van der Waals surface area contributed by atoms with Crippen molar-refractivity contribution in [1.29, 1.82) is 0 Å². The van der Waals surface area contributed by atoms with Crippen LogP contribution in [0, 0.1) is 28.1 Å². The van der Waals surface area contributed by atoms with Crippen molar-refractivity contribution in [3.8, 4) is 11.6 Å². The second kappa shape index (κ2) is 11.3. The van der Waals surface area contributed by atoms with Crippen LogP contribution in [-0.2, 0) is 10.0 Å². The quantitative estimate of drug-likeness (QED) is 0.191. The molecule has 2 spiro atoms. The van der Waals surface area contributed by atoms with Crippen molar-refractivity contribution in [2.75, 3.05) is 18.5 Å². The van der Waals surface area contributed by atoms with Crippen molar-refractivity contribution >= 4 is 33.3 Å². The maximum Gasteiger partial charge on any atom is 0.281 e. The van der Waals surface area contributed by atoms with Gasteiger partial charge < -0.3 is 10.1 Å². The highest BCUT2D eigenvalue weighted by Crippen LogP contribution is 2.93. The number of nitrogens with one attached hydrogen (secondary N) is 2. The Hall–Kier alpha value is -3.11. The predicted molar refractivity (Wildman–Crippen MR) is 173 cm³/mol. The van der Waals surface area contributed by atoms with Crippen LogP contribution in [0.5, 0.6) is 5.88 Å². The number of amides is 1. The smallest absolute Gasteiger partial charge is 0.281 e. The van der Waals surface area contributed by atoms with Crippen molar-refractivity contribution < 1.29 is 17.9 Å². The highest BCUT2D eigenvalue weighted by atomic mass is 35.5. The largest absolute Gasteiger partial charge is 0.477 e. The van der Waals surface area contributed by atoms with E-state index in [4.69, 9.17) is 16.3 Å². The van der Waals surface area contributed by atoms with E-state index in [2.05, 4.69) is 34.0 Å². The van der Waals surface area contributed by atoms with Crippen LogP contribution in [0.25, 0.3) is 5.69 Å². The molecule has 0 unspecified atom stereocenters. The molecule has 2 aromatic heterocycles. The number of nitrogens with zero attached hydrogens (tertiary/aromatic N) is 3. The molecule has 1 aromatic carbocycles. The van der Waals surface area contributed by atoms with Crippen molar-refractivity contribution in [1.82, 2.24) is 19.5 Å². The lowest BCUT2D eigenvalue weighted by Gasteiger charge is -2.17. The molecule has 2 heterocycles. The van der Waals surface area contributed by atoms with E-state index >= 15 is 0 Å². The van der Waals surface area contributed by atoms with Gasteiger partial charge in [-0.3, -0.25) is 4.79 Å². The molecular formula is C34H42ClN5O4S. The van der Waals surface area contributed by atoms with Crippen molar-refractivity contribution in [3.63, 3.8) is 0 Å². The summed E-state index contributed by atoms with van der Waals surface area (Å²) in [6.07, 6.45) is 14.4. The van der Waals surface area contributed by atoms with Crippen molar-refractivity contribution in [3.05, 3.63) is 59.2 Å². The number of pyridine rings is 1. The lowest BCUT2D eigenvalue weighted by Crippen LogP contribution is -2.31. The van der Waals surface area contributed by atoms with E-state index in [1.165, 1.54) is 57.1 Å². The minimum Gasteiger partial charge on any atom is -0.477 e. The number of anilines is 1. The minimum atomic E-state index is -4.22. The number of halogens is 1. The zero-order chi connectivity index (χ0) is 31.5. The number of aromatic nitrogens is 3. The average molecular weight is 652 g/mol. The topological polar surface area (TPSA) is 115 Å². The van der Waals surface area contributed by atoms with Gasteiger partial charge in [-0.1, -0.05) is 31.5 Å². The van der Waals surface area contributed by atoms with E-state index in [-0.39, 0.29) is 15.6 Å². The Labute approximate surface area is 270 Å². The molecule has 0 radical (unpaired) electrons. The molecule has 7 rings (SSSR count). The zero-order valence-electron chi connectivity index (χ0n) is 26.0. The lowest BCUT2D eigenvalue weighted by molar-refractivity contribution is 0.0981. The second-order valence-corrected chi connectivity index (χ2v) is 16.4. The first kappa shape index (κ1) is 30.5. The summed E-state index contributed by atoms with van der Waals surface area (Å²) in [5, 5.41) is 7.59. The SMILES string of the molecule is CC1(C)CC[C@@H](CCCNc2cccc(S(=O)(=O)NC(=O)c3ccc(-n4ccc(OCCC5C6(CC6)C56CC6)n4)cc3Cl)n2)C1. The minimum absolute atomic E-state index is 0.0319. The van der Waals surface area contributed by atoms with Gasteiger partial charge in [-0.15, -0.1) is 5.10 Å². The summed E-state index contributed by atoms with van der Waals surface area (Å²) in [7, 11) is -4.22. The molecule has 2 N–H and O–H groups in total. The summed E-state index contributed by atoms with van der Waals surface area (Å²) in [6, 6.07) is 11.2. The van der Waals surface area contributed by atoms with Gasteiger partial charge in [0.1, 0.15) is 5.82 Å². The highest BCUT2D eigenvalue weighted by Gasteiger charge is 2.85. The van der Waals surface area contributed by atoms with E-state index < -0.39 is 15.9 Å². The molecule has 45 heavy (non-hydrogen) atoms. The molecular weight excluding hydrogens is 610 g/mol. The van der Waals surface area contributed by atoms with E-state index in [0.29, 0.717) is 46.8 Å². The molecule has 4 aliphatic rings. The van der Waals surface area contributed by atoms with Crippen LogP contribution in [0.4, 0.5) is 5.82 Å². The van der Waals surface area contributed by atoms with E-state index in [0.717, 1.165) is 31.1 Å². The lowest BCUT2D eigenvalue weighted by atomic mass is 9.89. The molecule has 1 atom stereocenters. The maximum absolute atomic E-state index is 13.1. The normalized spacial score (nSPS) is 22.0. The summed E-state index contributed by atoms with van der Waals surface area (Å²) in [4.78, 5) is 17.2. The molecule has 11 heteroatoms. The van der Waals surface area contributed by atoms with Crippen LogP contribution in [0.3, 0.4) is 0 Å².